The minimum atomic E-state index is -0.0254. The van der Waals surface area contributed by atoms with Gasteiger partial charge in [0.2, 0.25) is 5.91 Å². The number of nitrogens with two attached hydrogens (primary N) is 1. The van der Waals surface area contributed by atoms with Crippen molar-refractivity contribution < 1.29 is 4.79 Å². The highest BCUT2D eigenvalue weighted by Gasteiger charge is 2.06. The molecule has 2 aromatic rings. The van der Waals surface area contributed by atoms with E-state index < -0.39 is 0 Å². The molecule has 0 fully saturated rings. The first kappa shape index (κ1) is 13.5. The molecular weight excluding hydrogens is 256 g/mol. The molecule has 2 aromatic carbocycles. The maximum absolute atomic E-state index is 11.9. The van der Waals surface area contributed by atoms with Crippen LogP contribution in [0.25, 0.3) is 0 Å². The number of benzene rings is 2. The van der Waals surface area contributed by atoms with Gasteiger partial charge in [0, 0.05) is 16.3 Å². The van der Waals surface area contributed by atoms with Crippen LogP contribution in [0.15, 0.2) is 53.4 Å². The van der Waals surface area contributed by atoms with Gasteiger partial charge in [0.1, 0.15) is 0 Å². The molecule has 3 N–H and O–H groups in total. The Morgan fingerprint density at radius 3 is 2.58 bits per heavy atom. The first-order valence-electron chi connectivity index (χ1n) is 5.99. The summed E-state index contributed by atoms with van der Waals surface area (Å²) in [5.74, 6) is 0.324. The number of hydrogen-bond acceptors (Lipinski definition) is 3. The predicted octanol–water partition coefficient (Wildman–Crippen LogP) is 3.31. The number of hydrogen-bond donors (Lipinski definition) is 2. The van der Waals surface area contributed by atoms with E-state index >= 15 is 0 Å². The third kappa shape index (κ3) is 3.76. The van der Waals surface area contributed by atoms with Gasteiger partial charge in [-0.2, -0.15) is 0 Å². The third-order valence-corrected chi connectivity index (χ3v) is 3.79. The van der Waals surface area contributed by atoms with Crippen LogP contribution in [-0.2, 0) is 4.79 Å². The second-order valence-corrected chi connectivity index (χ2v) is 5.21. The van der Waals surface area contributed by atoms with Crippen LogP contribution in [-0.4, -0.2) is 11.7 Å². The van der Waals surface area contributed by atoms with Crippen molar-refractivity contribution in [3.63, 3.8) is 0 Å². The normalized spacial score (nSPS) is 10.2. The average molecular weight is 272 g/mol. The molecule has 0 unspecified atom stereocenters. The van der Waals surface area contributed by atoms with E-state index in [-0.39, 0.29) is 5.91 Å². The van der Waals surface area contributed by atoms with Crippen LogP contribution in [0.3, 0.4) is 0 Å². The topological polar surface area (TPSA) is 55.1 Å². The highest BCUT2D eigenvalue weighted by Crippen LogP contribution is 2.24. The van der Waals surface area contributed by atoms with Gasteiger partial charge in [-0.3, -0.25) is 4.79 Å². The van der Waals surface area contributed by atoms with E-state index in [9.17, 15) is 4.79 Å². The van der Waals surface area contributed by atoms with E-state index in [0.29, 0.717) is 11.4 Å². The summed E-state index contributed by atoms with van der Waals surface area (Å²) in [6.07, 6.45) is 0. The van der Waals surface area contributed by atoms with Crippen molar-refractivity contribution in [1.82, 2.24) is 0 Å². The number of amides is 1. The van der Waals surface area contributed by atoms with E-state index in [4.69, 9.17) is 5.73 Å². The van der Waals surface area contributed by atoms with Crippen LogP contribution < -0.4 is 11.1 Å². The summed E-state index contributed by atoms with van der Waals surface area (Å²) < 4.78 is 0. The van der Waals surface area contributed by atoms with Crippen molar-refractivity contribution >= 4 is 29.0 Å². The van der Waals surface area contributed by atoms with E-state index in [0.717, 1.165) is 16.1 Å². The van der Waals surface area contributed by atoms with Gasteiger partial charge in [0.05, 0.1) is 5.75 Å². The van der Waals surface area contributed by atoms with Crippen LogP contribution in [0.1, 0.15) is 5.56 Å². The largest absolute Gasteiger partial charge is 0.398 e. The highest BCUT2D eigenvalue weighted by atomic mass is 32.2. The number of carbonyl (C=O) groups excluding carboxylic acids is 1. The maximum atomic E-state index is 11.9. The molecule has 0 saturated carbocycles. The van der Waals surface area contributed by atoms with Gasteiger partial charge in [-0.1, -0.05) is 30.3 Å². The molecule has 0 saturated heterocycles. The standard InChI is InChI=1S/C15H16N2OS/c1-11-6-2-4-8-13(11)17-15(18)10-19-14-9-5-3-7-12(14)16/h2-9H,10,16H2,1H3,(H,17,18). The number of nitrogen functional groups attached to an aromatic ring is 1. The maximum Gasteiger partial charge on any atom is 0.234 e. The van der Waals surface area contributed by atoms with Crippen LogP contribution in [0, 0.1) is 6.92 Å². The summed E-state index contributed by atoms with van der Waals surface area (Å²) in [6, 6.07) is 15.3. The monoisotopic (exact) mass is 272 g/mol. The number of aryl methyl sites for hydroxylation is 1. The smallest absolute Gasteiger partial charge is 0.234 e. The van der Waals surface area contributed by atoms with E-state index in [2.05, 4.69) is 5.32 Å². The van der Waals surface area contributed by atoms with E-state index in [1.165, 1.54) is 11.8 Å². The van der Waals surface area contributed by atoms with Gasteiger partial charge in [-0.25, -0.2) is 0 Å². The molecular formula is C15H16N2OS. The molecule has 0 aliphatic carbocycles. The lowest BCUT2D eigenvalue weighted by molar-refractivity contribution is -0.113. The number of carbonyl (C=O) groups is 1. The zero-order valence-electron chi connectivity index (χ0n) is 10.7. The zero-order chi connectivity index (χ0) is 13.7. The molecule has 1 amide bonds. The van der Waals surface area contributed by atoms with Gasteiger partial charge >= 0.3 is 0 Å². The molecule has 3 nitrogen and oxygen atoms in total. The van der Waals surface area contributed by atoms with Gasteiger partial charge in [-0.05, 0) is 30.7 Å². The third-order valence-electron chi connectivity index (χ3n) is 2.70. The Labute approximate surface area is 117 Å². The number of para-hydroxylation sites is 2. The van der Waals surface area contributed by atoms with Crippen molar-refractivity contribution in [2.24, 2.45) is 0 Å². The first-order chi connectivity index (χ1) is 9.16. The Morgan fingerprint density at radius 1 is 1.16 bits per heavy atom. The van der Waals surface area contributed by atoms with Gasteiger partial charge < -0.3 is 11.1 Å². The van der Waals surface area contributed by atoms with Crippen LogP contribution in [0.5, 0.6) is 0 Å². The predicted molar refractivity (Wildman–Crippen MR) is 81.4 cm³/mol. The second kappa shape index (κ2) is 6.29. The molecule has 2 rings (SSSR count). The molecule has 0 atom stereocenters. The van der Waals surface area contributed by atoms with Crippen molar-refractivity contribution in [3.05, 3.63) is 54.1 Å². The Morgan fingerprint density at radius 2 is 1.84 bits per heavy atom. The molecule has 0 aliphatic heterocycles. The fourth-order valence-corrected chi connectivity index (χ4v) is 2.42. The summed E-state index contributed by atoms with van der Waals surface area (Å²) >= 11 is 1.44. The quantitative estimate of drug-likeness (QED) is 0.663. The minimum Gasteiger partial charge on any atom is -0.398 e. The summed E-state index contributed by atoms with van der Waals surface area (Å²) in [6.45, 7) is 1.97. The Balaban J connectivity index is 1.92. The SMILES string of the molecule is Cc1ccccc1NC(=O)CSc1ccccc1N. The van der Waals surface area contributed by atoms with Crippen LogP contribution >= 0.6 is 11.8 Å². The number of rotatable bonds is 4. The molecule has 0 aliphatic rings. The van der Waals surface area contributed by atoms with E-state index in [1.807, 2.05) is 55.5 Å². The zero-order valence-corrected chi connectivity index (χ0v) is 11.5. The summed E-state index contributed by atoms with van der Waals surface area (Å²) in [5.41, 5.74) is 8.45. The molecule has 98 valence electrons. The van der Waals surface area contributed by atoms with Gasteiger partial charge in [0.15, 0.2) is 0 Å². The second-order valence-electron chi connectivity index (χ2n) is 4.19. The summed E-state index contributed by atoms with van der Waals surface area (Å²) in [5, 5.41) is 2.90. The number of nitrogens with one attached hydrogen (secondary N) is 1. The van der Waals surface area contributed by atoms with Crippen LogP contribution in [0.2, 0.25) is 0 Å². The molecule has 0 aromatic heterocycles. The fraction of sp³-hybridized carbons (Fsp3) is 0.133. The van der Waals surface area contributed by atoms with Crippen molar-refractivity contribution in [1.29, 1.82) is 0 Å². The fourth-order valence-electron chi connectivity index (χ4n) is 1.65. The summed E-state index contributed by atoms with van der Waals surface area (Å²) in [4.78, 5) is 12.8. The molecule has 0 spiro atoms. The Bertz CT molecular complexity index is 584. The molecule has 4 heteroatoms. The summed E-state index contributed by atoms with van der Waals surface area (Å²) in [7, 11) is 0. The lowest BCUT2D eigenvalue weighted by atomic mass is 10.2. The Kier molecular flexibility index (Phi) is 4.47. The average Bonchev–Trinajstić information content (AvgIpc) is 2.40. The van der Waals surface area contributed by atoms with E-state index in [1.54, 1.807) is 0 Å². The Hall–Kier alpha value is -1.94. The highest BCUT2D eigenvalue weighted by molar-refractivity contribution is 8.00. The minimum absolute atomic E-state index is 0.0254. The molecule has 19 heavy (non-hydrogen) atoms. The van der Waals surface area contributed by atoms with Crippen molar-refractivity contribution in [3.8, 4) is 0 Å². The lowest BCUT2D eigenvalue weighted by Gasteiger charge is -2.08. The van der Waals surface area contributed by atoms with Crippen LogP contribution in [0.4, 0.5) is 11.4 Å². The van der Waals surface area contributed by atoms with Gasteiger partial charge in [-0.15, -0.1) is 11.8 Å². The van der Waals surface area contributed by atoms with Crippen molar-refractivity contribution in [2.45, 2.75) is 11.8 Å². The lowest BCUT2D eigenvalue weighted by Crippen LogP contribution is -2.14. The van der Waals surface area contributed by atoms with Gasteiger partial charge in [0.25, 0.3) is 0 Å². The molecule has 0 bridgehead atoms. The number of thioether (sulfide) groups is 1. The van der Waals surface area contributed by atoms with Crippen molar-refractivity contribution in [2.75, 3.05) is 16.8 Å². The first-order valence-corrected chi connectivity index (χ1v) is 6.98. The molecule has 0 heterocycles. The number of anilines is 2. The molecule has 0 radical (unpaired) electrons.